The summed E-state index contributed by atoms with van der Waals surface area (Å²) in [5.74, 6) is -0.623. The number of aliphatic hydroxyl groups is 1. The maximum atomic E-state index is 12.6. The fourth-order valence-corrected chi connectivity index (χ4v) is 3.10. The molecule has 0 saturated carbocycles. The van der Waals surface area contributed by atoms with E-state index in [1.807, 2.05) is 12.1 Å². The minimum Gasteiger partial charge on any atom is -0.394 e. The van der Waals surface area contributed by atoms with E-state index in [0.717, 1.165) is 9.86 Å². The van der Waals surface area contributed by atoms with Gasteiger partial charge in [-0.2, -0.15) is 0 Å². The van der Waals surface area contributed by atoms with Crippen molar-refractivity contribution >= 4 is 38.5 Å². The lowest BCUT2D eigenvalue weighted by molar-refractivity contribution is 0.0478. The topological polar surface area (TPSA) is 66.8 Å². The standard InChI is InChI=1S/C16H14BrNO4/c17-13-5-4-12-14-10(13)2-1-3-11(14)15(20)18(16(12)21)6-8-22-9-7-19/h1-5,19H,6-9H2. The van der Waals surface area contributed by atoms with Crippen molar-refractivity contribution in [3.63, 3.8) is 0 Å². The van der Waals surface area contributed by atoms with Gasteiger partial charge in [0.05, 0.1) is 26.4 Å². The molecule has 2 aromatic rings. The molecule has 1 heterocycles. The minimum absolute atomic E-state index is 0.0853. The Morgan fingerprint density at radius 3 is 2.50 bits per heavy atom. The highest BCUT2D eigenvalue weighted by Gasteiger charge is 2.32. The molecule has 5 nitrogen and oxygen atoms in total. The van der Waals surface area contributed by atoms with Gasteiger partial charge in [0.1, 0.15) is 0 Å². The first kappa shape index (κ1) is 15.1. The van der Waals surface area contributed by atoms with Crippen LogP contribution >= 0.6 is 15.9 Å². The van der Waals surface area contributed by atoms with Gasteiger partial charge in [0.15, 0.2) is 0 Å². The summed E-state index contributed by atoms with van der Waals surface area (Å²) in [5, 5.41) is 10.2. The number of amides is 2. The molecule has 3 rings (SSSR count). The number of carbonyl (C=O) groups excluding carboxylic acids is 2. The predicted molar refractivity (Wildman–Crippen MR) is 84.9 cm³/mol. The number of nitrogens with zero attached hydrogens (tertiary/aromatic N) is 1. The molecule has 1 N–H and O–H groups in total. The van der Waals surface area contributed by atoms with E-state index in [9.17, 15) is 9.59 Å². The maximum Gasteiger partial charge on any atom is 0.261 e. The predicted octanol–water partition coefficient (Wildman–Crippen LogP) is 2.21. The number of imide groups is 1. The first-order chi connectivity index (χ1) is 10.6. The number of rotatable bonds is 5. The van der Waals surface area contributed by atoms with Gasteiger partial charge in [0.25, 0.3) is 11.8 Å². The fourth-order valence-electron chi connectivity index (χ4n) is 2.64. The van der Waals surface area contributed by atoms with Crippen LogP contribution in [0.3, 0.4) is 0 Å². The molecule has 0 aliphatic carbocycles. The Morgan fingerprint density at radius 2 is 1.77 bits per heavy atom. The molecule has 0 atom stereocenters. The van der Waals surface area contributed by atoms with Crippen LogP contribution in [0.15, 0.2) is 34.8 Å². The first-order valence-electron chi connectivity index (χ1n) is 6.91. The molecular weight excluding hydrogens is 350 g/mol. The van der Waals surface area contributed by atoms with Gasteiger partial charge >= 0.3 is 0 Å². The molecule has 0 aromatic heterocycles. The third-order valence-corrected chi connectivity index (χ3v) is 4.32. The lowest BCUT2D eigenvalue weighted by atomic mass is 9.94. The minimum atomic E-state index is -0.311. The Morgan fingerprint density at radius 1 is 1.05 bits per heavy atom. The third-order valence-electron chi connectivity index (χ3n) is 3.63. The summed E-state index contributed by atoms with van der Waals surface area (Å²) in [4.78, 5) is 26.3. The van der Waals surface area contributed by atoms with E-state index < -0.39 is 0 Å². The van der Waals surface area contributed by atoms with Crippen LogP contribution in [0.4, 0.5) is 0 Å². The van der Waals surface area contributed by atoms with E-state index in [4.69, 9.17) is 9.84 Å². The normalized spacial score (nSPS) is 14.0. The van der Waals surface area contributed by atoms with Crippen LogP contribution in [-0.2, 0) is 4.74 Å². The van der Waals surface area contributed by atoms with Crippen molar-refractivity contribution < 1.29 is 19.4 Å². The number of ether oxygens (including phenoxy) is 1. The summed E-state index contributed by atoms with van der Waals surface area (Å²) in [5.41, 5.74) is 1.05. The molecule has 2 aromatic carbocycles. The van der Waals surface area contributed by atoms with E-state index in [-0.39, 0.29) is 38.2 Å². The smallest absolute Gasteiger partial charge is 0.261 e. The van der Waals surface area contributed by atoms with Crippen LogP contribution in [0.2, 0.25) is 0 Å². The number of aliphatic hydroxyl groups excluding tert-OH is 1. The van der Waals surface area contributed by atoms with E-state index >= 15 is 0 Å². The molecule has 0 bridgehead atoms. The van der Waals surface area contributed by atoms with Crippen molar-refractivity contribution in [1.29, 1.82) is 0 Å². The molecule has 0 fully saturated rings. The summed E-state index contributed by atoms with van der Waals surface area (Å²) in [6.07, 6.45) is 0. The largest absolute Gasteiger partial charge is 0.394 e. The molecule has 0 spiro atoms. The monoisotopic (exact) mass is 363 g/mol. The zero-order valence-electron chi connectivity index (χ0n) is 11.7. The highest BCUT2D eigenvalue weighted by molar-refractivity contribution is 9.10. The highest BCUT2D eigenvalue weighted by Crippen LogP contribution is 2.34. The summed E-state index contributed by atoms with van der Waals surface area (Å²) >= 11 is 3.45. The van der Waals surface area contributed by atoms with Crippen molar-refractivity contribution in [2.45, 2.75) is 0 Å². The Hall–Kier alpha value is -1.76. The van der Waals surface area contributed by atoms with Gasteiger partial charge in [-0.15, -0.1) is 0 Å². The molecule has 0 saturated heterocycles. The molecule has 22 heavy (non-hydrogen) atoms. The van der Waals surface area contributed by atoms with Crippen LogP contribution in [-0.4, -0.2) is 48.2 Å². The van der Waals surface area contributed by atoms with Crippen molar-refractivity contribution in [2.75, 3.05) is 26.4 Å². The summed E-state index contributed by atoms with van der Waals surface area (Å²) in [6.45, 7) is 0.483. The van der Waals surface area contributed by atoms with E-state index in [1.54, 1.807) is 18.2 Å². The SMILES string of the molecule is O=C1c2cccc3c(Br)ccc(c23)C(=O)N1CCOCCO. The van der Waals surface area contributed by atoms with E-state index in [1.165, 1.54) is 4.90 Å². The van der Waals surface area contributed by atoms with Crippen molar-refractivity contribution in [1.82, 2.24) is 4.90 Å². The van der Waals surface area contributed by atoms with Gasteiger partial charge in [-0.3, -0.25) is 14.5 Å². The van der Waals surface area contributed by atoms with Gasteiger partial charge in [-0.1, -0.05) is 28.1 Å². The van der Waals surface area contributed by atoms with Gasteiger partial charge in [0, 0.05) is 21.0 Å². The molecule has 6 heteroatoms. The zero-order valence-corrected chi connectivity index (χ0v) is 13.3. The first-order valence-corrected chi connectivity index (χ1v) is 7.70. The van der Waals surface area contributed by atoms with E-state index in [2.05, 4.69) is 15.9 Å². The zero-order chi connectivity index (χ0) is 15.7. The summed E-state index contributed by atoms with van der Waals surface area (Å²) in [6, 6.07) is 8.96. The van der Waals surface area contributed by atoms with Crippen molar-refractivity contribution in [3.05, 3.63) is 45.9 Å². The number of hydrogen-bond donors (Lipinski definition) is 1. The maximum absolute atomic E-state index is 12.6. The highest BCUT2D eigenvalue weighted by atomic mass is 79.9. The molecule has 0 radical (unpaired) electrons. The second-order valence-corrected chi connectivity index (χ2v) is 5.78. The van der Waals surface area contributed by atoms with Gasteiger partial charge < -0.3 is 9.84 Å². The molecule has 0 unspecified atom stereocenters. The van der Waals surface area contributed by atoms with Crippen molar-refractivity contribution in [3.8, 4) is 0 Å². The summed E-state index contributed by atoms with van der Waals surface area (Å²) < 4.78 is 6.01. The molecule has 1 aliphatic rings. The van der Waals surface area contributed by atoms with Crippen LogP contribution in [0.5, 0.6) is 0 Å². The van der Waals surface area contributed by atoms with Crippen LogP contribution in [0.1, 0.15) is 20.7 Å². The lowest BCUT2D eigenvalue weighted by Gasteiger charge is -2.27. The lowest BCUT2D eigenvalue weighted by Crippen LogP contribution is -2.42. The number of benzene rings is 2. The molecular formula is C16H14BrNO4. The number of hydrogen-bond acceptors (Lipinski definition) is 4. The molecule has 1 aliphatic heterocycles. The van der Waals surface area contributed by atoms with Gasteiger partial charge in [-0.05, 0) is 23.6 Å². The molecule has 114 valence electrons. The number of halogens is 1. The Bertz CT molecular complexity index is 737. The van der Waals surface area contributed by atoms with Gasteiger partial charge in [0.2, 0.25) is 0 Å². The van der Waals surface area contributed by atoms with Crippen LogP contribution < -0.4 is 0 Å². The average molecular weight is 364 g/mol. The Labute approximate surface area is 135 Å². The average Bonchev–Trinajstić information content (AvgIpc) is 2.53. The summed E-state index contributed by atoms with van der Waals surface area (Å²) in [7, 11) is 0. The number of carbonyl (C=O) groups is 2. The quantitative estimate of drug-likeness (QED) is 0.653. The van der Waals surface area contributed by atoms with E-state index in [0.29, 0.717) is 16.5 Å². The third kappa shape index (κ3) is 2.43. The van der Waals surface area contributed by atoms with Crippen LogP contribution in [0.25, 0.3) is 10.8 Å². The van der Waals surface area contributed by atoms with Crippen molar-refractivity contribution in [2.24, 2.45) is 0 Å². The Kier molecular flexibility index (Phi) is 4.24. The second-order valence-electron chi connectivity index (χ2n) is 4.92. The molecule has 2 amide bonds. The Balaban J connectivity index is 2.00. The van der Waals surface area contributed by atoms with Crippen LogP contribution in [0, 0.1) is 0 Å². The van der Waals surface area contributed by atoms with Gasteiger partial charge in [-0.25, -0.2) is 0 Å². The second kappa shape index (κ2) is 6.16. The fraction of sp³-hybridized carbons (Fsp3) is 0.250.